The molecular weight excluding hydrogens is 310 g/mol. The summed E-state index contributed by atoms with van der Waals surface area (Å²) >= 11 is 7.28. The van der Waals surface area contributed by atoms with E-state index in [-0.39, 0.29) is 16.2 Å². The van der Waals surface area contributed by atoms with E-state index in [0.29, 0.717) is 31.0 Å². The Kier molecular flexibility index (Phi) is 3.52. The molecule has 3 heterocycles. The van der Waals surface area contributed by atoms with Crippen molar-refractivity contribution in [2.75, 3.05) is 13.2 Å². The SMILES string of the molecule is O=S(=O)(NC1CCOCC1)c1c(Cl)nc2sccn12. The van der Waals surface area contributed by atoms with Crippen molar-refractivity contribution in [2.45, 2.75) is 23.9 Å². The Hall–Kier alpha value is -0.670. The number of rotatable bonds is 3. The Morgan fingerprint density at radius 1 is 1.47 bits per heavy atom. The summed E-state index contributed by atoms with van der Waals surface area (Å²) in [6.07, 6.45) is 2.99. The highest BCUT2D eigenvalue weighted by molar-refractivity contribution is 7.89. The molecule has 9 heteroatoms. The maximum absolute atomic E-state index is 12.4. The Morgan fingerprint density at radius 2 is 2.21 bits per heavy atom. The van der Waals surface area contributed by atoms with E-state index in [1.54, 1.807) is 11.6 Å². The molecule has 0 spiro atoms. The molecule has 19 heavy (non-hydrogen) atoms. The number of hydrogen-bond donors (Lipinski definition) is 1. The summed E-state index contributed by atoms with van der Waals surface area (Å²) in [5.41, 5.74) is 0. The van der Waals surface area contributed by atoms with E-state index in [1.165, 1.54) is 15.7 Å². The topological polar surface area (TPSA) is 72.7 Å². The van der Waals surface area contributed by atoms with Gasteiger partial charge in [-0.2, -0.15) is 0 Å². The third-order valence-electron chi connectivity index (χ3n) is 2.98. The molecule has 104 valence electrons. The van der Waals surface area contributed by atoms with Gasteiger partial charge in [-0.3, -0.25) is 4.40 Å². The first-order valence-corrected chi connectivity index (χ1v) is 8.53. The zero-order valence-corrected chi connectivity index (χ0v) is 12.3. The van der Waals surface area contributed by atoms with Crippen molar-refractivity contribution < 1.29 is 13.2 Å². The maximum Gasteiger partial charge on any atom is 0.260 e. The maximum atomic E-state index is 12.4. The van der Waals surface area contributed by atoms with Crippen LogP contribution in [0.15, 0.2) is 16.6 Å². The summed E-state index contributed by atoms with van der Waals surface area (Å²) in [7, 11) is -3.67. The summed E-state index contributed by atoms with van der Waals surface area (Å²) in [5.74, 6) is 0. The highest BCUT2D eigenvalue weighted by Gasteiger charge is 2.28. The zero-order valence-electron chi connectivity index (χ0n) is 9.87. The van der Waals surface area contributed by atoms with Gasteiger partial charge in [-0.25, -0.2) is 18.1 Å². The van der Waals surface area contributed by atoms with Gasteiger partial charge in [0.25, 0.3) is 10.0 Å². The van der Waals surface area contributed by atoms with Crippen LogP contribution in [0.5, 0.6) is 0 Å². The highest BCUT2D eigenvalue weighted by atomic mass is 35.5. The predicted octanol–water partition coefficient (Wildman–Crippen LogP) is 1.51. The van der Waals surface area contributed by atoms with Gasteiger partial charge in [0.2, 0.25) is 0 Å². The second-order valence-electron chi connectivity index (χ2n) is 4.27. The fourth-order valence-corrected chi connectivity index (χ4v) is 4.83. The van der Waals surface area contributed by atoms with E-state index in [9.17, 15) is 8.42 Å². The normalized spacial score (nSPS) is 18.2. The van der Waals surface area contributed by atoms with Crippen LogP contribution in [0.4, 0.5) is 0 Å². The number of fused-ring (bicyclic) bond motifs is 1. The lowest BCUT2D eigenvalue weighted by molar-refractivity contribution is 0.0832. The molecule has 0 radical (unpaired) electrons. The van der Waals surface area contributed by atoms with Crippen molar-refractivity contribution in [2.24, 2.45) is 0 Å². The van der Waals surface area contributed by atoms with E-state index in [2.05, 4.69) is 9.71 Å². The van der Waals surface area contributed by atoms with Gasteiger partial charge in [0.1, 0.15) is 0 Å². The van der Waals surface area contributed by atoms with Crippen LogP contribution in [0.2, 0.25) is 5.15 Å². The van der Waals surface area contributed by atoms with Crippen LogP contribution in [0.1, 0.15) is 12.8 Å². The number of hydrogen-bond acceptors (Lipinski definition) is 5. The molecule has 1 fully saturated rings. The van der Waals surface area contributed by atoms with Crippen molar-refractivity contribution in [3.63, 3.8) is 0 Å². The lowest BCUT2D eigenvalue weighted by Crippen LogP contribution is -2.39. The first-order valence-electron chi connectivity index (χ1n) is 5.79. The standard InChI is InChI=1S/C10H12ClN3O3S2/c11-8-9(14-3-6-18-10(14)12-8)19(15,16)13-7-1-4-17-5-2-7/h3,6-7,13H,1-2,4-5H2. The molecule has 0 bridgehead atoms. The molecule has 1 aliphatic rings. The second-order valence-corrected chi connectivity index (χ2v) is 7.13. The molecule has 2 aromatic rings. The van der Waals surface area contributed by atoms with Gasteiger partial charge in [0, 0.05) is 30.8 Å². The molecule has 1 aliphatic heterocycles. The molecule has 1 saturated heterocycles. The molecule has 3 rings (SSSR count). The zero-order chi connectivity index (χ0) is 13.5. The van der Waals surface area contributed by atoms with E-state index in [1.807, 2.05) is 0 Å². The third-order valence-corrected chi connectivity index (χ3v) is 5.65. The highest BCUT2D eigenvalue weighted by Crippen LogP contribution is 2.25. The fourth-order valence-electron chi connectivity index (χ4n) is 2.07. The number of halogens is 1. The van der Waals surface area contributed by atoms with Crippen LogP contribution in [-0.2, 0) is 14.8 Å². The molecular formula is C10H12ClN3O3S2. The van der Waals surface area contributed by atoms with Gasteiger partial charge in [-0.1, -0.05) is 11.6 Å². The molecule has 0 amide bonds. The van der Waals surface area contributed by atoms with Crippen molar-refractivity contribution in [1.29, 1.82) is 0 Å². The summed E-state index contributed by atoms with van der Waals surface area (Å²) in [4.78, 5) is 4.60. The largest absolute Gasteiger partial charge is 0.381 e. The van der Waals surface area contributed by atoms with E-state index in [0.717, 1.165) is 0 Å². The van der Waals surface area contributed by atoms with Gasteiger partial charge < -0.3 is 4.74 Å². The van der Waals surface area contributed by atoms with Crippen LogP contribution in [0.3, 0.4) is 0 Å². The van der Waals surface area contributed by atoms with Crippen LogP contribution in [0.25, 0.3) is 4.96 Å². The number of sulfonamides is 1. The average molecular weight is 322 g/mol. The molecule has 6 nitrogen and oxygen atoms in total. The minimum Gasteiger partial charge on any atom is -0.381 e. The fraction of sp³-hybridized carbons (Fsp3) is 0.500. The number of thiazole rings is 1. The Bertz CT molecular complexity index is 688. The number of ether oxygens (including phenoxy) is 1. The second kappa shape index (κ2) is 5.02. The number of nitrogens with one attached hydrogen (secondary N) is 1. The van der Waals surface area contributed by atoms with Gasteiger partial charge in [0.05, 0.1) is 0 Å². The summed E-state index contributed by atoms with van der Waals surface area (Å²) < 4.78 is 34.2. The van der Waals surface area contributed by atoms with Crippen molar-refractivity contribution >= 4 is 37.9 Å². The lowest BCUT2D eigenvalue weighted by Gasteiger charge is -2.22. The van der Waals surface area contributed by atoms with E-state index >= 15 is 0 Å². The average Bonchev–Trinajstić information content (AvgIpc) is 2.88. The van der Waals surface area contributed by atoms with Crippen LogP contribution in [0, 0.1) is 0 Å². The summed E-state index contributed by atoms with van der Waals surface area (Å²) in [5, 5.41) is 1.79. The van der Waals surface area contributed by atoms with Gasteiger partial charge in [-0.05, 0) is 12.8 Å². The van der Waals surface area contributed by atoms with Crippen molar-refractivity contribution in [1.82, 2.24) is 14.1 Å². The Labute approximate surface area is 119 Å². The van der Waals surface area contributed by atoms with Crippen molar-refractivity contribution in [3.05, 3.63) is 16.7 Å². The summed E-state index contributed by atoms with van der Waals surface area (Å²) in [6.45, 7) is 1.14. The van der Waals surface area contributed by atoms with Gasteiger partial charge >= 0.3 is 0 Å². The molecule has 0 aliphatic carbocycles. The monoisotopic (exact) mass is 321 g/mol. The van der Waals surface area contributed by atoms with Crippen LogP contribution < -0.4 is 4.72 Å². The van der Waals surface area contributed by atoms with Crippen LogP contribution in [-0.4, -0.2) is 37.1 Å². The molecule has 0 aromatic carbocycles. The Balaban J connectivity index is 1.94. The first kappa shape index (κ1) is 13.3. The Morgan fingerprint density at radius 3 is 2.95 bits per heavy atom. The first-order chi connectivity index (χ1) is 9.08. The van der Waals surface area contributed by atoms with Gasteiger partial charge in [-0.15, -0.1) is 11.3 Å². The molecule has 2 aromatic heterocycles. The van der Waals surface area contributed by atoms with Crippen LogP contribution >= 0.6 is 22.9 Å². The number of imidazole rings is 1. The van der Waals surface area contributed by atoms with Crippen molar-refractivity contribution in [3.8, 4) is 0 Å². The van der Waals surface area contributed by atoms with Gasteiger partial charge in [0.15, 0.2) is 15.1 Å². The minimum atomic E-state index is -3.67. The predicted molar refractivity (Wildman–Crippen MR) is 72.2 cm³/mol. The van der Waals surface area contributed by atoms with E-state index < -0.39 is 10.0 Å². The molecule has 0 unspecified atom stereocenters. The minimum absolute atomic E-state index is 0.00593. The molecule has 1 N–H and O–H groups in total. The molecule has 0 saturated carbocycles. The number of aromatic nitrogens is 2. The third kappa shape index (κ3) is 2.50. The number of nitrogens with zero attached hydrogens (tertiary/aromatic N) is 2. The smallest absolute Gasteiger partial charge is 0.260 e. The molecule has 0 atom stereocenters. The van der Waals surface area contributed by atoms with E-state index in [4.69, 9.17) is 16.3 Å². The summed E-state index contributed by atoms with van der Waals surface area (Å²) in [6, 6.07) is -0.112. The quantitative estimate of drug-likeness (QED) is 0.930. The lowest BCUT2D eigenvalue weighted by atomic mass is 10.1.